The molecule has 0 spiro atoms. The summed E-state index contributed by atoms with van der Waals surface area (Å²) >= 11 is 12.5. The van der Waals surface area contributed by atoms with Crippen LogP contribution in [0.2, 0.25) is 10.0 Å². The van der Waals surface area contributed by atoms with Gasteiger partial charge in [-0.05, 0) is 96.5 Å². The van der Waals surface area contributed by atoms with Crippen LogP contribution in [-0.2, 0) is 10.3 Å². The Balaban J connectivity index is 1.41. The van der Waals surface area contributed by atoms with Gasteiger partial charge in [0.25, 0.3) is 17.5 Å². The van der Waals surface area contributed by atoms with Crippen LogP contribution in [0.25, 0.3) is 0 Å². The second-order valence-electron chi connectivity index (χ2n) is 12.6. The van der Waals surface area contributed by atoms with E-state index in [4.69, 9.17) is 32.8 Å². The average molecular weight is 811 g/mol. The minimum Gasteiger partial charge on any atom is -0.402 e. The third kappa shape index (κ3) is 8.99. The largest absolute Gasteiger partial charge is 0.417 e. The van der Waals surface area contributed by atoms with E-state index >= 15 is 0 Å². The van der Waals surface area contributed by atoms with E-state index in [0.717, 1.165) is 35.8 Å². The number of nitrogens with zero attached hydrogens (tertiary/aromatic N) is 3. The van der Waals surface area contributed by atoms with Crippen molar-refractivity contribution in [2.24, 2.45) is 5.92 Å². The Bertz CT molecular complexity index is 2240. The summed E-state index contributed by atoms with van der Waals surface area (Å²) in [6, 6.07) is 16.7. The molecule has 0 radical (unpaired) electrons. The Morgan fingerprint density at radius 1 is 0.964 bits per heavy atom. The van der Waals surface area contributed by atoms with Crippen LogP contribution in [0.3, 0.4) is 0 Å². The van der Waals surface area contributed by atoms with Crippen molar-refractivity contribution in [2.75, 3.05) is 17.3 Å². The van der Waals surface area contributed by atoms with Crippen molar-refractivity contribution in [3.05, 3.63) is 125 Å². The molecule has 4 aromatic rings. The fourth-order valence-corrected chi connectivity index (χ4v) is 7.56. The molecule has 1 aliphatic rings. The topological polar surface area (TPSA) is 200 Å². The van der Waals surface area contributed by atoms with Crippen LogP contribution in [-0.4, -0.2) is 40.1 Å². The van der Waals surface area contributed by atoms with Crippen molar-refractivity contribution in [1.29, 1.82) is 0 Å². The Morgan fingerprint density at radius 3 is 2.31 bits per heavy atom. The second-order valence-corrected chi connectivity index (χ2v) is 14.4. The van der Waals surface area contributed by atoms with Crippen molar-refractivity contribution in [3.8, 4) is 5.75 Å². The molecule has 2 unspecified atom stereocenters. The molecule has 0 aliphatic heterocycles. The molecule has 0 aromatic heterocycles. The Morgan fingerprint density at radius 2 is 1.69 bits per heavy atom. The van der Waals surface area contributed by atoms with Gasteiger partial charge in [0.15, 0.2) is 0 Å². The summed E-state index contributed by atoms with van der Waals surface area (Å²) < 4.78 is 5.41. The molecule has 1 aliphatic carbocycles. The minimum absolute atomic E-state index is 0.0105. The van der Waals surface area contributed by atoms with Gasteiger partial charge in [-0.25, -0.2) is 9.59 Å². The molecule has 0 bridgehead atoms. The van der Waals surface area contributed by atoms with Crippen LogP contribution in [0, 0.1) is 33.1 Å². The summed E-state index contributed by atoms with van der Waals surface area (Å²) in [5.41, 5.74) is 1.77. The van der Waals surface area contributed by atoms with Gasteiger partial charge in [-0.15, -0.1) is 0 Å². The number of hydrogen-bond acceptors (Lipinski definition) is 11. The number of carbonyl (C=O) groups is 4. The van der Waals surface area contributed by atoms with E-state index in [0.29, 0.717) is 35.0 Å². The summed E-state index contributed by atoms with van der Waals surface area (Å²) in [6.45, 7) is 6.07. The first-order valence-corrected chi connectivity index (χ1v) is 18.2. The smallest absolute Gasteiger partial charge is 0.402 e. The number of rotatable bonds is 11. The third-order valence-electron chi connectivity index (χ3n) is 9.38. The van der Waals surface area contributed by atoms with Crippen LogP contribution in [0.15, 0.2) is 77.7 Å². The van der Waals surface area contributed by atoms with E-state index in [1.807, 2.05) is 17.6 Å². The van der Waals surface area contributed by atoms with Crippen LogP contribution >= 0.6 is 35.0 Å². The highest BCUT2D eigenvalue weighted by Crippen LogP contribution is 2.58. The number of carbonyl (C=O) groups excluding carboxylic acids is 4. The zero-order chi connectivity index (χ0) is 40.2. The molecule has 1 saturated carbocycles. The fourth-order valence-electron chi connectivity index (χ4n) is 6.38. The highest BCUT2D eigenvalue weighted by molar-refractivity contribution is 8.13. The number of benzene rings is 4. The van der Waals surface area contributed by atoms with Crippen LogP contribution in [0.5, 0.6) is 5.75 Å². The molecule has 15 nitrogen and oxygen atoms in total. The number of nitro groups is 2. The van der Waals surface area contributed by atoms with E-state index in [9.17, 15) is 39.4 Å². The predicted octanol–water partition coefficient (Wildman–Crippen LogP) is 9.66. The molecule has 286 valence electrons. The maximum atomic E-state index is 14.1. The molecule has 0 heterocycles. The van der Waals surface area contributed by atoms with Gasteiger partial charge in [0.2, 0.25) is 5.75 Å². The fraction of sp³-hybridized carbons (Fsp3) is 0.243. The normalized spacial score (nSPS) is 15.7. The highest BCUT2D eigenvalue weighted by atomic mass is 35.5. The number of amides is 3. The summed E-state index contributed by atoms with van der Waals surface area (Å²) in [7, 11) is 1.22. The summed E-state index contributed by atoms with van der Waals surface area (Å²) in [4.78, 5) is 80.5. The zero-order valence-corrected chi connectivity index (χ0v) is 32.0. The van der Waals surface area contributed by atoms with Crippen LogP contribution < -0.4 is 20.4 Å². The summed E-state index contributed by atoms with van der Waals surface area (Å²) in [5, 5.41) is 25.9. The van der Waals surface area contributed by atoms with E-state index in [2.05, 4.69) is 19.2 Å². The van der Waals surface area contributed by atoms with Crippen molar-refractivity contribution in [2.45, 2.75) is 50.3 Å². The first-order valence-electron chi connectivity index (χ1n) is 16.7. The number of nitro benzene ring substituents is 2. The van der Waals surface area contributed by atoms with Crippen molar-refractivity contribution in [3.63, 3.8) is 0 Å². The Kier molecular flexibility index (Phi) is 12.3. The summed E-state index contributed by atoms with van der Waals surface area (Å²) in [6.07, 6.45) is 1.86. The molecule has 18 heteroatoms. The number of non-ortho nitro benzene ring substituents is 1. The lowest BCUT2D eigenvalue weighted by molar-refractivity contribution is -0.394. The van der Waals surface area contributed by atoms with Gasteiger partial charge in [0.05, 0.1) is 27.2 Å². The van der Waals surface area contributed by atoms with Gasteiger partial charge < -0.3 is 14.5 Å². The van der Waals surface area contributed by atoms with Gasteiger partial charge in [0, 0.05) is 39.3 Å². The van der Waals surface area contributed by atoms with E-state index in [1.165, 1.54) is 43.4 Å². The molecular weight excluding hydrogens is 777 g/mol. The van der Waals surface area contributed by atoms with Gasteiger partial charge in [0.1, 0.15) is 0 Å². The third-order valence-corrected chi connectivity index (χ3v) is 10.6. The maximum absolute atomic E-state index is 14.1. The number of hydrogen-bond donors (Lipinski definition) is 2. The molecule has 2 N–H and O–H groups in total. The number of nitrogens with one attached hydrogen (secondary N) is 2. The first kappa shape index (κ1) is 40.5. The molecule has 55 heavy (non-hydrogen) atoms. The van der Waals surface area contributed by atoms with Crippen molar-refractivity contribution in [1.82, 2.24) is 5.48 Å². The van der Waals surface area contributed by atoms with Gasteiger partial charge in [-0.1, -0.05) is 61.7 Å². The summed E-state index contributed by atoms with van der Waals surface area (Å²) in [5.74, 6) is -2.18. The number of anilines is 2. The standard InChI is InChI=1S/C37H33Cl2N5O10S/c1-5-22-19-37(22,6-2)23-10-12-28(20(3)14-23)40-35(47)53-32-27(17-26(43(49)50)18-30(32)44(51)52)34(46)42(4)29-13-11-25(39)16-31(29)55-36(48)54-41-33(45)21-8-7-9-24(38)15-21/h7-18,22H,5-6,19H2,1-4H3,(H,40,47)(H,41,45). The lowest BCUT2D eigenvalue weighted by atomic mass is 9.88. The number of ether oxygens (including phenoxy) is 1. The SMILES string of the molecule is CCC1CC1(CC)c1ccc(NC(=O)Oc2c(C(=O)N(C)c3ccc(Cl)cc3SC(=O)ONC(=O)c3cccc(Cl)c3)cc([N+](=O)[O-])cc2[N+](=O)[O-])c(C)c1. The monoisotopic (exact) mass is 809 g/mol. The average Bonchev–Trinajstić information content (AvgIpc) is 3.89. The number of halogens is 2. The maximum Gasteiger partial charge on any atom is 0.417 e. The lowest BCUT2D eigenvalue weighted by Crippen LogP contribution is -2.29. The number of aryl methyl sites for hydroxylation is 1. The van der Waals surface area contributed by atoms with Gasteiger partial charge >= 0.3 is 17.1 Å². The lowest BCUT2D eigenvalue weighted by Gasteiger charge is -2.21. The van der Waals surface area contributed by atoms with Crippen molar-refractivity contribution >= 4 is 80.9 Å². The number of thioether (sulfide) groups is 1. The molecule has 5 rings (SSSR count). The molecular formula is C37H33Cl2N5O10S. The first-order chi connectivity index (χ1) is 26.1. The zero-order valence-electron chi connectivity index (χ0n) is 29.7. The van der Waals surface area contributed by atoms with E-state index in [-0.39, 0.29) is 31.6 Å². The Labute approximate surface area is 328 Å². The van der Waals surface area contributed by atoms with Gasteiger partial charge in [-0.3, -0.25) is 35.1 Å². The minimum atomic E-state index is -1.20. The molecule has 2 atom stereocenters. The number of hydroxylamine groups is 1. The molecule has 3 amide bonds. The van der Waals surface area contributed by atoms with Crippen LogP contribution in [0.1, 0.15) is 65.0 Å². The second kappa shape index (κ2) is 16.8. The van der Waals surface area contributed by atoms with E-state index in [1.54, 1.807) is 19.1 Å². The molecule has 1 fully saturated rings. The molecule has 4 aromatic carbocycles. The van der Waals surface area contributed by atoms with Gasteiger partial charge in [-0.2, -0.15) is 5.48 Å². The van der Waals surface area contributed by atoms with Crippen LogP contribution in [0.4, 0.5) is 32.3 Å². The highest BCUT2D eigenvalue weighted by Gasteiger charge is 2.52. The van der Waals surface area contributed by atoms with Crippen molar-refractivity contribution < 1.29 is 38.6 Å². The quantitative estimate of drug-likeness (QED) is 0.0830. The predicted molar refractivity (Wildman–Crippen MR) is 206 cm³/mol. The Hall–Kier alpha value is -5.71. The van der Waals surface area contributed by atoms with E-state index < -0.39 is 55.7 Å². The molecule has 0 saturated heterocycles.